The molecule has 1 saturated heterocycles. The molecule has 3 fully saturated rings. The molecular weight excluding hydrogens is 753 g/mol. The fourth-order valence-corrected chi connectivity index (χ4v) is 9.01. The molecular formula is C41H50N6O9S. The van der Waals surface area contributed by atoms with Crippen LogP contribution in [-0.2, 0) is 28.7 Å². The maximum Gasteiger partial charge on any atom is 0.408 e. The number of carbonyl (C=O) groups excluding carboxylic acids is 5. The van der Waals surface area contributed by atoms with Gasteiger partial charge in [-0.15, -0.1) is 11.3 Å². The van der Waals surface area contributed by atoms with Crippen LogP contribution < -0.4 is 25.4 Å². The van der Waals surface area contributed by atoms with Crippen molar-refractivity contribution in [3.8, 4) is 22.9 Å². The Balaban J connectivity index is 1.22. The average Bonchev–Trinajstić information content (AvgIpc) is 3.63. The first kappa shape index (κ1) is 40.0. The Bertz CT molecular complexity index is 2060. The molecule has 2 saturated carbocycles. The van der Waals surface area contributed by atoms with E-state index in [1.54, 1.807) is 18.6 Å². The van der Waals surface area contributed by atoms with Crippen molar-refractivity contribution in [3.63, 3.8) is 0 Å². The minimum absolute atomic E-state index is 0.0268. The van der Waals surface area contributed by atoms with E-state index in [0.717, 1.165) is 50.5 Å². The van der Waals surface area contributed by atoms with Crippen molar-refractivity contribution < 1.29 is 42.9 Å². The first-order valence-corrected chi connectivity index (χ1v) is 20.6. The monoisotopic (exact) mass is 802 g/mol. The van der Waals surface area contributed by atoms with E-state index in [2.05, 4.69) is 20.9 Å². The number of esters is 1. The largest absolute Gasteiger partial charge is 0.496 e. The summed E-state index contributed by atoms with van der Waals surface area (Å²) < 4.78 is 23.2. The fourth-order valence-electron chi connectivity index (χ4n) is 8.26. The number of thiazole rings is 1. The number of rotatable bonds is 8. The SMILES string of the molecule is COC(=O)[C@@]12CC1/C=C\CCCCC[C@H](NC(=O)OC1CCCC1)C(=O)N1C[C@H](Oc3cc(-c4csc(NC(C)=O)n4)nc4c(C)c(OC)ccc34)C[C@H]1C(=O)N2. The van der Waals surface area contributed by atoms with Gasteiger partial charge in [0.15, 0.2) is 5.13 Å². The first-order valence-electron chi connectivity index (χ1n) is 19.7. The van der Waals surface area contributed by atoms with Gasteiger partial charge < -0.3 is 39.8 Å². The smallest absolute Gasteiger partial charge is 0.408 e. The summed E-state index contributed by atoms with van der Waals surface area (Å²) in [5.74, 6) is -0.889. The molecule has 304 valence electrons. The third kappa shape index (κ3) is 8.70. The molecule has 2 aliphatic heterocycles. The summed E-state index contributed by atoms with van der Waals surface area (Å²) >= 11 is 1.26. The van der Waals surface area contributed by atoms with E-state index >= 15 is 0 Å². The van der Waals surface area contributed by atoms with Crippen LogP contribution in [0.5, 0.6) is 11.5 Å². The molecule has 0 spiro atoms. The number of nitrogens with one attached hydrogen (secondary N) is 3. The number of hydrogen-bond acceptors (Lipinski definition) is 12. The highest BCUT2D eigenvalue weighted by Gasteiger charge is 2.62. The molecule has 7 rings (SSSR count). The zero-order valence-corrected chi connectivity index (χ0v) is 33.6. The van der Waals surface area contributed by atoms with Crippen LogP contribution in [0.3, 0.4) is 0 Å². The molecule has 4 amide bonds. The second-order valence-corrected chi connectivity index (χ2v) is 16.2. The molecule has 1 unspecified atom stereocenters. The second-order valence-electron chi connectivity index (χ2n) is 15.3. The van der Waals surface area contributed by atoms with E-state index in [-0.39, 0.29) is 30.9 Å². The molecule has 2 aliphatic carbocycles. The molecule has 1 aromatic carbocycles. The zero-order valence-electron chi connectivity index (χ0n) is 32.8. The number of carbonyl (C=O) groups is 5. The lowest BCUT2D eigenvalue weighted by Gasteiger charge is -2.29. The lowest BCUT2D eigenvalue weighted by atomic mass is 10.0. The number of pyridine rings is 1. The molecule has 0 bridgehead atoms. The lowest BCUT2D eigenvalue weighted by Crippen LogP contribution is -2.56. The van der Waals surface area contributed by atoms with E-state index in [4.69, 9.17) is 23.9 Å². The van der Waals surface area contributed by atoms with Gasteiger partial charge in [-0.2, -0.15) is 0 Å². The third-order valence-electron chi connectivity index (χ3n) is 11.4. The van der Waals surface area contributed by atoms with Crippen molar-refractivity contribution in [2.24, 2.45) is 5.92 Å². The number of fused-ring (bicyclic) bond motifs is 3. The second kappa shape index (κ2) is 17.1. The Kier molecular flexibility index (Phi) is 12.0. The van der Waals surface area contributed by atoms with Gasteiger partial charge in [0, 0.05) is 41.7 Å². The number of amides is 4. The number of nitrogens with zero attached hydrogens (tertiary/aromatic N) is 3. The van der Waals surface area contributed by atoms with E-state index < -0.39 is 47.6 Å². The molecule has 15 nitrogen and oxygen atoms in total. The molecule has 57 heavy (non-hydrogen) atoms. The fraction of sp³-hybridized carbons (Fsp3) is 0.537. The van der Waals surface area contributed by atoms with Gasteiger partial charge in [-0.25, -0.2) is 19.6 Å². The summed E-state index contributed by atoms with van der Waals surface area (Å²) in [4.78, 5) is 78.1. The van der Waals surface area contributed by atoms with Crippen molar-refractivity contribution in [3.05, 3.63) is 41.3 Å². The van der Waals surface area contributed by atoms with Gasteiger partial charge in [0.2, 0.25) is 17.7 Å². The number of benzene rings is 1. The number of alkyl carbamates (subject to hydrolysis) is 1. The molecule has 0 radical (unpaired) electrons. The van der Waals surface area contributed by atoms with Gasteiger partial charge in [0.1, 0.15) is 47.0 Å². The van der Waals surface area contributed by atoms with Crippen LogP contribution in [0, 0.1) is 12.8 Å². The van der Waals surface area contributed by atoms with Crippen LogP contribution in [0.15, 0.2) is 35.7 Å². The maximum atomic E-state index is 14.6. The zero-order chi connectivity index (χ0) is 40.3. The number of ether oxygens (including phenoxy) is 4. The third-order valence-corrected chi connectivity index (χ3v) is 12.1. The van der Waals surface area contributed by atoms with Crippen molar-refractivity contribution in [1.29, 1.82) is 0 Å². The normalized spacial score (nSPS) is 25.9. The minimum Gasteiger partial charge on any atom is -0.496 e. The predicted molar refractivity (Wildman–Crippen MR) is 212 cm³/mol. The van der Waals surface area contributed by atoms with Gasteiger partial charge in [-0.05, 0) is 70.4 Å². The number of allylic oxidation sites excluding steroid dienone is 1. The Hall–Kier alpha value is -5.25. The average molecular weight is 803 g/mol. The number of methoxy groups -OCH3 is 2. The van der Waals surface area contributed by atoms with Gasteiger partial charge >= 0.3 is 12.1 Å². The highest BCUT2D eigenvalue weighted by Crippen LogP contribution is 2.46. The van der Waals surface area contributed by atoms with E-state index in [1.165, 1.54) is 30.3 Å². The van der Waals surface area contributed by atoms with Crippen molar-refractivity contribution in [2.45, 2.75) is 114 Å². The standard InChI is InChI=1S/C41H50N6O9S/c1-23-33(53-3)17-16-28-34(19-30(43-35(23)28)31-22-57-39(44-31)42-24(2)48)55-27-18-32-36(49)46-41(38(51)54-4)20-25(41)12-8-6-5-7-9-15-29(37(50)47(32)21-27)45-40(52)56-26-13-10-11-14-26/h8,12,16-17,19,22,25-27,29,32H,5-7,9-11,13-15,18,20-21H2,1-4H3,(H,45,52)(H,46,49)(H,42,44,48)/b12-8-/t25?,27-,29+,32+,41-/m1/s1. The van der Waals surface area contributed by atoms with Crippen molar-refractivity contribution in [1.82, 2.24) is 25.5 Å². The Morgan fingerprint density at radius 1 is 0.982 bits per heavy atom. The summed E-state index contributed by atoms with van der Waals surface area (Å²) in [5, 5.41) is 11.4. The highest BCUT2D eigenvalue weighted by molar-refractivity contribution is 7.14. The topological polar surface area (TPSA) is 187 Å². The molecule has 2 aromatic heterocycles. The summed E-state index contributed by atoms with van der Waals surface area (Å²) in [6.07, 6.45) is 10.00. The summed E-state index contributed by atoms with van der Waals surface area (Å²) in [6.45, 7) is 3.33. The minimum atomic E-state index is -1.24. The number of hydrogen-bond donors (Lipinski definition) is 3. The molecule has 5 atom stereocenters. The van der Waals surface area contributed by atoms with Crippen LogP contribution in [0.2, 0.25) is 0 Å². The Morgan fingerprint density at radius 3 is 2.53 bits per heavy atom. The number of aryl methyl sites for hydroxylation is 1. The van der Waals surface area contributed by atoms with Gasteiger partial charge in [-0.1, -0.05) is 25.0 Å². The highest BCUT2D eigenvalue weighted by atomic mass is 32.1. The van der Waals surface area contributed by atoms with E-state index in [9.17, 15) is 24.0 Å². The van der Waals surface area contributed by atoms with Gasteiger partial charge in [-0.3, -0.25) is 14.4 Å². The molecule has 4 heterocycles. The summed E-state index contributed by atoms with van der Waals surface area (Å²) in [5.41, 5.74) is 1.14. The van der Waals surface area contributed by atoms with Crippen LogP contribution in [0.1, 0.15) is 83.1 Å². The summed E-state index contributed by atoms with van der Waals surface area (Å²) in [6, 6.07) is 3.47. The molecule has 3 N–H and O–H groups in total. The first-order chi connectivity index (χ1) is 27.5. The van der Waals surface area contributed by atoms with Gasteiger partial charge in [0.05, 0.1) is 32.0 Å². The summed E-state index contributed by atoms with van der Waals surface area (Å²) in [7, 11) is 2.88. The van der Waals surface area contributed by atoms with E-state index in [0.29, 0.717) is 58.2 Å². The van der Waals surface area contributed by atoms with Crippen molar-refractivity contribution >= 4 is 57.2 Å². The maximum absolute atomic E-state index is 14.6. The quantitative estimate of drug-likeness (QED) is 0.191. The molecule has 3 aromatic rings. The number of anilines is 1. The van der Waals surface area contributed by atoms with Crippen molar-refractivity contribution in [2.75, 3.05) is 26.1 Å². The molecule has 16 heteroatoms. The van der Waals surface area contributed by atoms with Crippen LogP contribution in [-0.4, -0.2) is 95.2 Å². The Labute approximate surface area is 335 Å². The van der Waals surface area contributed by atoms with Gasteiger partial charge in [0.25, 0.3) is 0 Å². The van der Waals surface area contributed by atoms with E-state index in [1.807, 2.05) is 31.2 Å². The predicted octanol–water partition coefficient (Wildman–Crippen LogP) is 5.59. The van der Waals surface area contributed by atoms with Crippen LogP contribution in [0.4, 0.5) is 9.93 Å². The number of aromatic nitrogens is 2. The lowest BCUT2D eigenvalue weighted by molar-refractivity contribution is -0.148. The van der Waals surface area contributed by atoms with Crippen LogP contribution >= 0.6 is 11.3 Å². The Morgan fingerprint density at radius 2 is 1.77 bits per heavy atom. The molecule has 4 aliphatic rings. The van der Waals surface area contributed by atoms with Crippen LogP contribution in [0.25, 0.3) is 22.3 Å².